The van der Waals surface area contributed by atoms with E-state index in [2.05, 4.69) is 5.32 Å². The third-order valence-corrected chi connectivity index (χ3v) is 3.10. The number of aliphatic hydroxyl groups is 1. The van der Waals surface area contributed by atoms with Crippen LogP contribution in [0.3, 0.4) is 0 Å². The van der Waals surface area contributed by atoms with Crippen molar-refractivity contribution in [2.45, 2.75) is 83.6 Å². The molecule has 6 nitrogen and oxygen atoms in total. The van der Waals surface area contributed by atoms with E-state index in [0.717, 1.165) is 0 Å². The van der Waals surface area contributed by atoms with E-state index in [9.17, 15) is 14.7 Å². The Hall–Kier alpha value is -1.30. The van der Waals surface area contributed by atoms with E-state index in [1.807, 2.05) is 0 Å². The number of nitrogens with one attached hydrogen (secondary N) is 1. The largest absolute Gasteiger partial charge is 0.458 e. The molecule has 0 saturated heterocycles. The number of ether oxygens (including phenoxy) is 2. The number of esters is 1. The van der Waals surface area contributed by atoms with Crippen molar-refractivity contribution < 1.29 is 24.2 Å². The van der Waals surface area contributed by atoms with Gasteiger partial charge in [0.1, 0.15) is 11.2 Å². The minimum atomic E-state index is -1.42. The first-order valence-electron chi connectivity index (χ1n) is 7.28. The van der Waals surface area contributed by atoms with E-state index in [-0.39, 0.29) is 0 Å². The first-order chi connectivity index (χ1) is 9.36. The lowest BCUT2D eigenvalue weighted by atomic mass is 9.95. The van der Waals surface area contributed by atoms with Gasteiger partial charge < -0.3 is 19.9 Å². The first-order valence-corrected chi connectivity index (χ1v) is 7.28. The molecular formula is C15H27NO5. The van der Waals surface area contributed by atoms with Gasteiger partial charge in [0.2, 0.25) is 0 Å². The van der Waals surface area contributed by atoms with Gasteiger partial charge in [-0.25, -0.2) is 9.59 Å². The molecule has 2 atom stereocenters. The van der Waals surface area contributed by atoms with Gasteiger partial charge in [-0.3, -0.25) is 0 Å². The summed E-state index contributed by atoms with van der Waals surface area (Å²) in [5, 5.41) is 12.7. The molecule has 1 saturated carbocycles. The van der Waals surface area contributed by atoms with Crippen molar-refractivity contribution in [1.29, 1.82) is 0 Å². The predicted molar refractivity (Wildman–Crippen MR) is 77.8 cm³/mol. The van der Waals surface area contributed by atoms with E-state index >= 15 is 0 Å². The summed E-state index contributed by atoms with van der Waals surface area (Å²) in [5.74, 6) is -0.620. The van der Waals surface area contributed by atoms with Gasteiger partial charge in [-0.1, -0.05) is 0 Å². The summed E-state index contributed by atoms with van der Waals surface area (Å²) in [4.78, 5) is 24.4. The molecule has 21 heavy (non-hydrogen) atoms. The molecule has 0 heterocycles. The monoisotopic (exact) mass is 301 g/mol. The number of hydrogen-bond acceptors (Lipinski definition) is 5. The van der Waals surface area contributed by atoms with Crippen molar-refractivity contribution in [3.63, 3.8) is 0 Å². The Bertz CT molecular complexity index is 407. The Morgan fingerprint density at radius 2 is 1.62 bits per heavy atom. The van der Waals surface area contributed by atoms with Crippen LogP contribution >= 0.6 is 0 Å². The zero-order chi connectivity index (χ0) is 16.5. The van der Waals surface area contributed by atoms with Gasteiger partial charge in [0.15, 0.2) is 5.54 Å². The first kappa shape index (κ1) is 17.8. The van der Waals surface area contributed by atoms with Crippen LogP contribution < -0.4 is 5.32 Å². The van der Waals surface area contributed by atoms with Crippen molar-refractivity contribution in [2.24, 2.45) is 0 Å². The Labute approximate surface area is 126 Å². The molecule has 1 amide bonds. The fourth-order valence-corrected chi connectivity index (χ4v) is 2.28. The van der Waals surface area contributed by atoms with Crippen LogP contribution in [0.25, 0.3) is 0 Å². The summed E-state index contributed by atoms with van der Waals surface area (Å²) in [6.45, 7) is 10.4. The van der Waals surface area contributed by atoms with Crippen LogP contribution in [0.15, 0.2) is 0 Å². The molecule has 2 N–H and O–H groups in total. The Kier molecular flexibility index (Phi) is 4.93. The maximum absolute atomic E-state index is 12.4. The van der Waals surface area contributed by atoms with Crippen molar-refractivity contribution in [1.82, 2.24) is 5.32 Å². The number of amides is 1. The quantitative estimate of drug-likeness (QED) is 0.763. The third kappa shape index (κ3) is 4.88. The molecule has 6 heteroatoms. The van der Waals surface area contributed by atoms with Gasteiger partial charge in [0.05, 0.1) is 6.10 Å². The summed E-state index contributed by atoms with van der Waals surface area (Å²) < 4.78 is 10.5. The van der Waals surface area contributed by atoms with Crippen LogP contribution in [0.5, 0.6) is 0 Å². The van der Waals surface area contributed by atoms with Crippen molar-refractivity contribution >= 4 is 12.1 Å². The summed E-state index contributed by atoms with van der Waals surface area (Å²) in [5.41, 5.74) is -2.79. The van der Waals surface area contributed by atoms with Crippen LogP contribution in [0.2, 0.25) is 0 Å². The predicted octanol–water partition coefficient (Wildman–Crippen LogP) is 2.14. The molecular weight excluding hydrogens is 274 g/mol. The average molecular weight is 301 g/mol. The molecule has 0 spiro atoms. The molecule has 1 fully saturated rings. The fourth-order valence-electron chi connectivity index (χ4n) is 2.28. The molecule has 0 aromatic carbocycles. The summed E-state index contributed by atoms with van der Waals surface area (Å²) >= 11 is 0. The van der Waals surface area contributed by atoms with Crippen molar-refractivity contribution in [3.8, 4) is 0 Å². The van der Waals surface area contributed by atoms with E-state index in [4.69, 9.17) is 9.47 Å². The van der Waals surface area contributed by atoms with Crippen LogP contribution in [-0.4, -0.2) is 40.0 Å². The van der Waals surface area contributed by atoms with Gasteiger partial charge in [-0.15, -0.1) is 0 Å². The van der Waals surface area contributed by atoms with Gasteiger partial charge >= 0.3 is 12.1 Å². The number of rotatable bonds is 2. The maximum Gasteiger partial charge on any atom is 0.408 e. The smallest absolute Gasteiger partial charge is 0.408 e. The summed E-state index contributed by atoms with van der Waals surface area (Å²) in [6.07, 6.45) is -0.290. The van der Waals surface area contributed by atoms with E-state index in [1.165, 1.54) is 0 Å². The zero-order valence-electron chi connectivity index (χ0n) is 13.8. The van der Waals surface area contributed by atoms with E-state index < -0.39 is 34.9 Å². The van der Waals surface area contributed by atoms with Crippen LogP contribution in [0.1, 0.15) is 60.8 Å². The normalized spacial score (nSPS) is 26.3. The molecule has 0 unspecified atom stereocenters. The van der Waals surface area contributed by atoms with E-state index in [0.29, 0.717) is 19.3 Å². The minimum Gasteiger partial charge on any atom is -0.458 e. The molecule has 0 aliphatic heterocycles. The third-order valence-electron chi connectivity index (χ3n) is 3.10. The molecule has 0 aromatic heterocycles. The second-order valence-corrected chi connectivity index (χ2v) is 7.51. The highest BCUT2D eigenvalue weighted by molar-refractivity contribution is 5.87. The number of carbonyl (C=O) groups excluding carboxylic acids is 2. The highest BCUT2D eigenvalue weighted by atomic mass is 16.6. The molecule has 0 radical (unpaired) electrons. The number of hydrogen-bond donors (Lipinski definition) is 2. The summed E-state index contributed by atoms with van der Waals surface area (Å²) in [7, 11) is 0. The molecule has 0 aromatic rings. The number of aliphatic hydroxyl groups excluding tert-OH is 1. The zero-order valence-corrected chi connectivity index (χ0v) is 13.8. The second-order valence-electron chi connectivity index (χ2n) is 7.51. The topological polar surface area (TPSA) is 84.9 Å². The number of alkyl carbamates (subject to hydrolysis) is 1. The van der Waals surface area contributed by atoms with Crippen LogP contribution in [-0.2, 0) is 14.3 Å². The van der Waals surface area contributed by atoms with Crippen LogP contribution in [0, 0.1) is 0 Å². The van der Waals surface area contributed by atoms with Gasteiger partial charge in [0, 0.05) is 0 Å². The van der Waals surface area contributed by atoms with Gasteiger partial charge in [-0.05, 0) is 60.8 Å². The summed E-state index contributed by atoms with van der Waals surface area (Å²) in [6, 6.07) is 0. The highest BCUT2D eigenvalue weighted by Crippen LogP contribution is 2.33. The molecule has 1 aliphatic rings. The van der Waals surface area contributed by atoms with E-state index in [1.54, 1.807) is 41.5 Å². The highest BCUT2D eigenvalue weighted by Gasteiger charge is 2.52. The number of carbonyl (C=O) groups is 2. The lowest BCUT2D eigenvalue weighted by molar-refractivity contribution is -0.167. The maximum atomic E-state index is 12.4. The molecule has 122 valence electrons. The molecule has 1 rings (SSSR count). The Morgan fingerprint density at radius 1 is 1.10 bits per heavy atom. The lowest BCUT2D eigenvalue weighted by Crippen LogP contribution is -2.61. The van der Waals surface area contributed by atoms with Crippen molar-refractivity contribution in [3.05, 3.63) is 0 Å². The molecule has 0 bridgehead atoms. The second kappa shape index (κ2) is 5.83. The minimum absolute atomic E-state index is 0.336. The Morgan fingerprint density at radius 3 is 2.00 bits per heavy atom. The lowest BCUT2D eigenvalue weighted by Gasteiger charge is -2.34. The van der Waals surface area contributed by atoms with Crippen LogP contribution in [0.4, 0.5) is 4.79 Å². The molecule has 1 aliphatic carbocycles. The average Bonchev–Trinajstić information content (AvgIpc) is 2.55. The SMILES string of the molecule is CC(C)(C)OC(=O)N[C@]1(C(=O)OC(C)(C)C)CCC[C@@H]1O. The standard InChI is InChI=1S/C15H27NO5/c1-13(2,3)20-11(18)15(9-7-8-10(15)17)16-12(19)21-14(4,5)6/h10,17H,7-9H2,1-6H3,(H,16,19)/t10-,15+/m0/s1. The van der Waals surface area contributed by atoms with Gasteiger partial charge in [0.25, 0.3) is 0 Å². The Balaban J connectivity index is 2.90. The van der Waals surface area contributed by atoms with Crippen molar-refractivity contribution in [2.75, 3.05) is 0 Å². The fraction of sp³-hybridized carbons (Fsp3) is 0.867. The van der Waals surface area contributed by atoms with Gasteiger partial charge in [-0.2, -0.15) is 0 Å².